The van der Waals surface area contributed by atoms with E-state index < -0.39 is 26.9 Å². The lowest BCUT2D eigenvalue weighted by Gasteiger charge is -2.14. The SMILES string of the molecule is CC(CNC1CC1)S(=O)(=O)NCc1ccc(F)cc1F. The average Bonchev–Trinajstić information content (AvgIpc) is 3.18. The molecule has 1 saturated carbocycles. The number of benzene rings is 1. The van der Waals surface area contributed by atoms with Gasteiger partial charge in [0.1, 0.15) is 11.6 Å². The zero-order valence-electron chi connectivity index (χ0n) is 11.2. The first kappa shape index (κ1) is 15.3. The van der Waals surface area contributed by atoms with Crippen molar-refractivity contribution < 1.29 is 17.2 Å². The highest BCUT2D eigenvalue weighted by molar-refractivity contribution is 7.90. The Bertz CT molecular complexity index is 574. The Labute approximate surface area is 117 Å². The molecule has 4 nitrogen and oxygen atoms in total. The van der Waals surface area contributed by atoms with Crippen LogP contribution in [0.5, 0.6) is 0 Å². The summed E-state index contributed by atoms with van der Waals surface area (Å²) in [7, 11) is -3.53. The summed E-state index contributed by atoms with van der Waals surface area (Å²) >= 11 is 0. The number of hydrogen-bond acceptors (Lipinski definition) is 3. The minimum absolute atomic E-state index is 0.123. The van der Waals surface area contributed by atoms with E-state index in [-0.39, 0.29) is 12.1 Å². The second-order valence-corrected chi connectivity index (χ2v) is 7.28. The molecule has 1 unspecified atom stereocenters. The fraction of sp³-hybridized carbons (Fsp3) is 0.538. The number of rotatable bonds is 7. The molecule has 0 bridgehead atoms. The van der Waals surface area contributed by atoms with Crippen LogP contribution < -0.4 is 10.0 Å². The molecule has 0 aromatic heterocycles. The highest BCUT2D eigenvalue weighted by atomic mass is 32.2. The van der Waals surface area contributed by atoms with E-state index in [4.69, 9.17) is 0 Å². The van der Waals surface area contributed by atoms with Crippen LogP contribution >= 0.6 is 0 Å². The quantitative estimate of drug-likeness (QED) is 0.803. The summed E-state index contributed by atoms with van der Waals surface area (Å²) in [5, 5.41) is 2.53. The maximum atomic E-state index is 13.4. The van der Waals surface area contributed by atoms with Crippen LogP contribution in [0.1, 0.15) is 25.3 Å². The number of hydrogen-bond donors (Lipinski definition) is 2. The van der Waals surface area contributed by atoms with Crippen LogP contribution in [-0.2, 0) is 16.6 Å². The predicted molar refractivity (Wildman–Crippen MR) is 72.6 cm³/mol. The topological polar surface area (TPSA) is 58.2 Å². The minimum atomic E-state index is -3.53. The Kier molecular flexibility index (Phi) is 4.72. The molecule has 1 aliphatic rings. The summed E-state index contributed by atoms with van der Waals surface area (Å²) in [5.41, 5.74) is 0.123. The zero-order chi connectivity index (χ0) is 14.8. The van der Waals surface area contributed by atoms with Crippen molar-refractivity contribution >= 4 is 10.0 Å². The maximum absolute atomic E-state index is 13.4. The largest absolute Gasteiger partial charge is 0.313 e. The Morgan fingerprint density at radius 1 is 1.35 bits per heavy atom. The fourth-order valence-corrected chi connectivity index (χ4v) is 2.67. The smallest absolute Gasteiger partial charge is 0.215 e. The first-order valence-corrected chi connectivity index (χ1v) is 8.09. The summed E-state index contributed by atoms with van der Waals surface area (Å²) in [6.45, 7) is 1.78. The van der Waals surface area contributed by atoms with Gasteiger partial charge in [-0.1, -0.05) is 6.07 Å². The lowest BCUT2D eigenvalue weighted by Crippen LogP contribution is -2.39. The molecule has 0 radical (unpaired) electrons. The lowest BCUT2D eigenvalue weighted by molar-refractivity contribution is 0.549. The summed E-state index contributed by atoms with van der Waals surface area (Å²) in [6.07, 6.45) is 2.17. The third-order valence-electron chi connectivity index (χ3n) is 3.28. The highest BCUT2D eigenvalue weighted by Crippen LogP contribution is 2.18. The van der Waals surface area contributed by atoms with Crippen LogP contribution in [0.2, 0.25) is 0 Å². The van der Waals surface area contributed by atoms with Gasteiger partial charge in [-0.05, 0) is 25.8 Å². The van der Waals surface area contributed by atoms with E-state index in [1.54, 1.807) is 6.92 Å². The Morgan fingerprint density at radius 2 is 2.05 bits per heavy atom. The van der Waals surface area contributed by atoms with Crippen LogP contribution in [-0.4, -0.2) is 26.3 Å². The van der Waals surface area contributed by atoms with Crippen molar-refractivity contribution in [3.05, 3.63) is 35.4 Å². The molecule has 112 valence electrons. The third-order valence-corrected chi connectivity index (χ3v) is 5.05. The van der Waals surface area contributed by atoms with Crippen molar-refractivity contribution in [2.24, 2.45) is 0 Å². The molecule has 0 aliphatic heterocycles. The van der Waals surface area contributed by atoms with Crippen LogP contribution in [0.15, 0.2) is 18.2 Å². The highest BCUT2D eigenvalue weighted by Gasteiger charge is 2.25. The molecule has 0 heterocycles. The van der Waals surface area contributed by atoms with E-state index in [1.807, 2.05) is 0 Å². The molecule has 1 atom stereocenters. The molecule has 1 aromatic carbocycles. The van der Waals surface area contributed by atoms with E-state index >= 15 is 0 Å². The molecular weight excluding hydrogens is 286 g/mol. The molecule has 20 heavy (non-hydrogen) atoms. The van der Waals surface area contributed by atoms with Gasteiger partial charge in [0.25, 0.3) is 0 Å². The van der Waals surface area contributed by atoms with Gasteiger partial charge in [0.05, 0.1) is 5.25 Å². The van der Waals surface area contributed by atoms with E-state index in [2.05, 4.69) is 10.0 Å². The average molecular weight is 304 g/mol. The van der Waals surface area contributed by atoms with E-state index in [0.29, 0.717) is 12.6 Å². The molecule has 0 spiro atoms. The monoisotopic (exact) mass is 304 g/mol. The Balaban J connectivity index is 1.90. The summed E-state index contributed by atoms with van der Waals surface area (Å²) < 4.78 is 52.4. The van der Waals surface area contributed by atoms with Gasteiger partial charge in [-0.2, -0.15) is 0 Å². The van der Waals surface area contributed by atoms with Crippen molar-refractivity contribution in [3.63, 3.8) is 0 Å². The minimum Gasteiger partial charge on any atom is -0.313 e. The van der Waals surface area contributed by atoms with Crippen molar-refractivity contribution in [1.82, 2.24) is 10.0 Å². The van der Waals surface area contributed by atoms with E-state index in [1.165, 1.54) is 6.07 Å². The maximum Gasteiger partial charge on any atom is 0.215 e. The van der Waals surface area contributed by atoms with Gasteiger partial charge in [0.2, 0.25) is 10.0 Å². The van der Waals surface area contributed by atoms with E-state index in [9.17, 15) is 17.2 Å². The van der Waals surface area contributed by atoms with Gasteiger partial charge in [0.15, 0.2) is 0 Å². The number of halogens is 2. The van der Waals surface area contributed by atoms with Gasteiger partial charge in [0, 0.05) is 30.8 Å². The summed E-state index contributed by atoms with van der Waals surface area (Å²) in [5.74, 6) is -1.44. The summed E-state index contributed by atoms with van der Waals surface area (Å²) in [6, 6.07) is 3.51. The zero-order valence-corrected chi connectivity index (χ0v) is 12.0. The number of sulfonamides is 1. The second-order valence-electron chi connectivity index (χ2n) is 5.09. The third kappa shape index (κ3) is 4.22. The van der Waals surface area contributed by atoms with Crippen molar-refractivity contribution in [3.8, 4) is 0 Å². The molecule has 1 aromatic rings. The first-order valence-electron chi connectivity index (χ1n) is 6.54. The van der Waals surface area contributed by atoms with Gasteiger partial charge < -0.3 is 5.32 Å². The van der Waals surface area contributed by atoms with Gasteiger partial charge >= 0.3 is 0 Å². The van der Waals surface area contributed by atoms with Crippen LogP contribution in [0.4, 0.5) is 8.78 Å². The van der Waals surface area contributed by atoms with Crippen LogP contribution in [0.3, 0.4) is 0 Å². The molecule has 1 aliphatic carbocycles. The first-order chi connectivity index (χ1) is 9.38. The standard InChI is InChI=1S/C13H18F2N2O2S/c1-9(7-16-12-4-5-12)20(18,19)17-8-10-2-3-11(14)6-13(10)15/h2-3,6,9,12,16-17H,4-5,7-8H2,1H3. The van der Waals surface area contributed by atoms with Crippen molar-refractivity contribution in [1.29, 1.82) is 0 Å². The number of nitrogens with one attached hydrogen (secondary N) is 2. The Hall–Kier alpha value is -1.05. The second kappa shape index (κ2) is 6.15. The van der Waals surface area contributed by atoms with Crippen LogP contribution in [0.25, 0.3) is 0 Å². The molecular formula is C13H18F2N2O2S. The summed E-state index contributed by atoms with van der Waals surface area (Å²) in [4.78, 5) is 0. The fourth-order valence-electron chi connectivity index (χ4n) is 1.72. The molecule has 2 N–H and O–H groups in total. The van der Waals surface area contributed by atoms with Gasteiger partial charge in [-0.3, -0.25) is 0 Å². The normalized spacial score (nSPS) is 17.1. The van der Waals surface area contributed by atoms with Crippen molar-refractivity contribution in [2.45, 2.75) is 37.6 Å². The molecule has 7 heteroatoms. The Morgan fingerprint density at radius 3 is 2.65 bits per heavy atom. The molecule has 2 rings (SSSR count). The van der Waals surface area contributed by atoms with Gasteiger partial charge in [-0.15, -0.1) is 0 Å². The van der Waals surface area contributed by atoms with E-state index in [0.717, 1.165) is 25.0 Å². The lowest BCUT2D eigenvalue weighted by atomic mass is 10.2. The molecule has 0 saturated heterocycles. The predicted octanol–water partition coefficient (Wildman–Crippen LogP) is 1.52. The van der Waals surface area contributed by atoms with Gasteiger partial charge in [-0.25, -0.2) is 21.9 Å². The molecule has 1 fully saturated rings. The van der Waals surface area contributed by atoms with Crippen LogP contribution in [0, 0.1) is 11.6 Å². The molecule has 0 amide bonds. The van der Waals surface area contributed by atoms with Crippen molar-refractivity contribution in [2.75, 3.05) is 6.54 Å².